The molecule has 1 saturated carbocycles. The molecule has 2 aliphatic rings. The lowest BCUT2D eigenvalue weighted by Crippen LogP contribution is -2.48. The monoisotopic (exact) mass is 517 g/mol. The molecule has 10 nitrogen and oxygen atoms in total. The van der Waals surface area contributed by atoms with Crippen molar-refractivity contribution in [2.75, 3.05) is 17.7 Å². The Morgan fingerprint density at radius 1 is 1.14 bits per heavy atom. The van der Waals surface area contributed by atoms with E-state index in [1.165, 1.54) is 17.2 Å². The Labute approximate surface area is 210 Å². The summed E-state index contributed by atoms with van der Waals surface area (Å²) in [5, 5.41) is 7.65. The summed E-state index contributed by atoms with van der Waals surface area (Å²) in [6, 6.07) is 1.93. The van der Waals surface area contributed by atoms with Gasteiger partial charge >= 0.3 is 18.0 Å². The highest BCUT2D eigenvalue weighted by Gasteiger charge is 2.34. The second kappa shape index (κ2) is 9.96. The Hall–Kier alpha value is -3.74. The van der Waals surface area contributed by atoms with Gasteiger partial charge in [0.1, 0.15) is 17.6 Å². The standard InChI is InChI=1S/C24H26F3N7O3/c25-24(26,27)14-7-8-15(29-10-14)12-33(16-4-3-5-16)23(36)22(35)31-18-11-30-21(28)17-13-34(32-20(17)18)19-6-1-2-9-37-19/h7-8,10-11,13,16,19H,1-6,9,12H2,(H2,28,30)(H,31,35). The van der Waals surface area contributed by atoms with Gasteiger partial charge in [-0.3, -0.25) is 14.6 Å². The van der Waals surface area contributed by atoms with Gasteiger partial charge in [-0.1, -0.05) is 0 Å². The van der Waals surface area contributed by atoms with Crippen LogP contribution >= 0.6 is 0 Å². The first-order valence-corrected chi connectivity index (χ1v) is 12.1. The number of pyridine rings is 2. The number of carbonyl (C=O) groups is 2. The van der Waals surface area contributed by atoms with E-state index in [2.05, 4.69) is 20.4 Å². The number of nitrogens with two attached hydrogens (primary N) is 1. The zero-order chi connectivity index (χ0) is 26.2. The number of halogens is 3. The van der Waals surface area contributed by atoms with Crippen LogP contribution < -0.4 is 11.1 Å². The first-order valence-electron chi connectivity index (χ1n) is 12.1. The number of hydrogen-bond donors (Lipinski definition) is 2. The minimum atomic E-state index is -4.51. The number of anilines is 2. The molecule has 0 spiro atoms. The summed E-state index contributed by atoms with van der Waals surface area (Å²) in [6.07, 6.45) is 4.05. The number of fused-ring (bicyclic) bond motifs is 1. The fourth-order valence-corrected chi connectivity index (χ4v) is 4.45. The van der Waals surface area contributed by atoms with Crippen LogP contribution in [-0.4, -0.2) is 49.1 Å². The predicted octanol–water partition coefficient (Wildman–Crippen LogP) is 3.65. The van der Waals surface area contributed by atoms with Gasteiger partial charge in [-0.15, -0.1) is 0 Å². The van der Waals surface area contributed by atoms with Gasteiger partial charge < -0.3 is 20.7 Å². The first kappa shape index (κ1) is 24.9. The molecule has 1 unspecified atom stereocenters. The molecule has 0 aromatic carbocycles. The van der Waals surface area contributed by atoms with E-state index in [9.17, 15) is 22.8 Å². The molecule has 3 aromatic heterocycles. The molecule has 4 heterocycles. The van der Waals surface area contributed by atoms with Gasteiger partial charge in [0.25, 0.3) is 0 Å². The summed E-state index contributed by atoms with van der Waals surface area (Å²) in [5.41, 5.74) is 6.00. The van der Waals surface area contributed by atoms with Crippen LogP contribution in [0.5, 0.6) is 0 Å². The second-order valence-electron chi connectivity index (χ2n) is 9.26. The maximum atomic E-state index is 13.2. The molecule has 3 N–H and O–H groups in total. The SMILES string of the molecule is Nc1ncc(NC(=O)C(=O)N(Cc2ccc(C(F)(F)F)cn2)C2CCC2)c2nn(C3CCCCO3)cc12. The van der Waals surface area contributed by atoms with Gasteiger partial charge in [-0.2, -0.15) is 18.3 Å². The zero-order valence-electron chi connectivity index (χ0n) is 19.9. The van der Waals surface area contributed by atoms with E-state index < -0.39 is 23.6 Å². The van der Waals surface area contributed by atoms with Crippen molar-refractivity contribution in [1.29, 1.82) is 0 Å². The van der Waals surface area contributed by atoms with E-state index in [0.29, 0.717) is 30.4 Å². The van der Waals surface area contributed by atoms with Gasteiger partial charge in [0, 0.05) is 25.0 Å². The third kappa shape index (κ3) is 5.22. The molecule has 2 fully saturated rings. The van der Waals surface area contributed by atoms with Crippen molar-refractivity contribution in [2.45, 2.75) is 63.5 Å². The summed E-state index contributed by atoms with van der Waals surface area (Å²) in [5.74, 6) is -1.49. The van der Waals surface area contributed by atoms with Crippen LogP contribution in [0.3, 0.4) is 0 Å². The summed E-state index contributed by atoms with van der Waals surface area (Å²) < 4.78 is 46.0. The largest absolute Gasteiger partial charge is 0.417 e. The predicted molar refractivity (Wildman–Crippen MR) is 127 cm³/mol. The fourth-order valence-electron chi connectivity index (χ4n) is 4.45. The number of aromatic nitrogens is 4. The molecule has 37 heavy (non-hydrogen) atoms. The number of hydrogen-bond acceptors (Lipinski definition) is 7. The molecule has 1 aliphatic carbocycles. The van der Waals surface area contributed by atoms with Crippen LogP contribution in [0.4, 0.5) is 24.7 Å². The van der Waals surface area contributed by atoms with Crippen LogP contribution in [0.1, 0.15) is 56.0 Å². The Bertz CT molecular complexity index is 1300. The molecule has 13 heteroatoms. The molecule has 196 valence electrons. The highest BCUT2D eigenvalue weighted by molar-refractivity contribution is 6.40. The van der Waals surface area contributed by atoms with Crippen LogP contribution in [-0.2, 0) is 27.0 Å². The van der Waals surface area contributed by atoms with Gasteiger partial charge in [-0.05, 0) is 50.7 Å². The van der Waals surface area contributed by atoms with Crippen molar-refractivity contribution in [2.24, 2.45) is 0 Å². The quantitative estimate of drug-likeness (QED) is 0.495. The Morgan fingerprint density at radius 2 is 1.95 bits per heavy atom. The van der Waals surface area contributed by atoms with E-state index in [1.807, 2.05) is 0 Å². The van der Waals surface area contributed by atoms with E-state index >= 15 is 0 Å². The summed E-state index contributed by atoms with van der Waals surface area (Å²) >= 11 is 0. The number of carbonyl (C=O) groups excluding carboxylic acids is 2. The van der Waals surface area contributed by atoms with Crippen molar-refractivity contribution in [3.8, 4) is 0 Å². The average Bonchev–Trinajstić information content (AvgIpc) is 3.31. The van der Waals surface area contributed by atoms with E-state index in [4.69, 9.17) is 10.5 Å². The highest BCUT2D eigenvalue weighted by atomic mass is 19.4. The smallest absolute Gasteiger partial charge is 0.383 e. The third-order valence-corrected chi connectivity index (χ3v) is 6.75. The van der Waals surface area contributed by atoms with Crippen molar-refractivity contribution < 1.29 is 27.5 Å². The maximum absolute atomic E-state index is 13.2. The number of nitrogens with zero attached hydrogens (tertiary/aromatic N) is 5. The van der Waals surface area contributed by atoms with Crippen molar-refractivity contribution in [1.82, 2.24) is 24.6 Å². The Kier molecular flexibility index (Phi) is 6.71. The lowest BCUT2D eigenvalue weighted by atomic mass is 9.91. The molecule has 5 rings (SSSR count). The third-order valence-electron chi connectivity index (χ3n) is 6.75. The van der Waals surface area contributed by atoms with Gasteiger partial charge in [0.15, 0.2) is 0 Å². The number of ether oxygens (including phenoxy) is 1. The van der Waals surface area contributed by atoms with Gasteiger partial charge in [-0.25, -0.2) is 9.67 Å². The summed E-state index contributed by atoms with van der Waals surface area (Å²) in [6.45, 7) is 0.537. The number of alkyl halides is 3. The molecule has 1 aliphatic heterocycles. The van der Waals surface area contributed by atoms with Crippen LogP contribution in [0.15, 0.2) is 30.7 Å². The molecular formula is C24H26F3N7O3. The first-order chi connectivity index (χ1) is 17.7. The molecule has 1 saturated heterocycles. The second-order valence-corrected chi connectivity index (χ2v) is 9.26. The number of nitrogen functional groups attached to an aromatic ring is 1. The topological polar surface area (TPSA) is 128 Å². The summed E-state index contributed by atoms with van der Waals surface area (Å²) in [7, 11) is 0. The molecular weight excluding hydrogens is 491 g/mol. The lowest BCUT2D eigenvalue weighted by molar-refractivity contribution is -0.146. The van der Waals surface area contributed by atoms with Crippen molar-refractivity contribution >= 4 is 34.2 Å². The van der Waals surface area contributed by atoms with Gasteiger partial charge in [0.05, 0.1) is 35.1 Å². The van der Waals surface area contributed by atoms with Crippen molar-refractivity contribution in [3.05, 3.63) is 42.0 Å². The maximum Gasteiger partial charge on any atom is 0.417 e. The van der Waals surface area contributed by atoms with Crippen LogP contribution in [0.2, 0.25) is 0 Å². The normalized spacial score (nSPS) is 18.4. The number of rotatable bonds is 5. The molecule has 0 bridgehead atoms. The molecule has 0 radical (unpaired) electrons. The van der Waals surface area contributed by atoms with Crippen LogP contribution in [0, 0.1) is 0 Å². The zero-order valence-corrected chi connectivity index (χ0v) is 19.9. The van der Waals surface area contributed by atoms with E-state index in [-0.39, 0.29) is 36.0 Å². The minimum absolute atomic E-state index is 0.0852. The molecule has 3 aromatic rings. The number of nitrogens with one attached hydrogen (secondary N) is 1. The Morgan fingerprint density at radius 3 is 2.57 bits per heavy atom. The molecule has 2 amide bonds. The van der Waals surface area contributed by atoms with E-state index in [0.717, 1.165) is 37.9 Å². The molecule has 1 atom stereocenters. The minimum Gasteiger partial charge on any atom is -0.383 e. The average molecular weight is 518 g/mol. The van der Waals surface area contributed by atoms with Gasteiger partial charge in [0.2, 0.25) is 0 Å². The number of amides is 2. The lowest BCUT2D eigenvalue weighted by Gasteiger charge is -2.37. The van der Waals surface area contributed by atoms with Crippen LogP contribution in [0.25, 0.3) is 10.9 Å². The highest BCUT2D eigenvalue weighted by Crippen LogP contribution is 2.31. The fraction of sp³-hybridized carbons (Fsp3) is 0.458. The Balaban J connectivity index is 1.35. The van der Waals surface area contributed by atoms with Crippen molar-refractivity contribution in [3.63, 3.8) is 0 Å². The summed E-state index contributed by atoms with van der Waals surface area (Å²) in [4.78, 5) is 35.5. The van der Waals surface area contributed by atoms with E-state index in [1.54, 1.807) is 10.9 Å².